The molecule has 0 saturated carbocycles. The van der Waals surface area contributed by atoms with Gasteiger partial charge in [-0.2, -0.15) is 0 Å². The van der Waals surface area contributed by atoms with E-state index < -0.39 is 11.9 Å². The maximum atomic E-state index is 13.5. The molecule has 8 heteroatoms. The number of carboxylic acid groups (broad SMARTS) is 1. The molecule has 1 fully saturated rings. The fourth-order valence-electron chi connectivity index (χ4n) is 4.88. The minimum atomic E-state index is -0.725. The van der Waals surface area contributed by atoms with E-state index in [2.05, 4.69) is 16.8 Å². The minimum absolute atomic E-state index is 0. The standard InChI is InChI=1S/C27H31FN2O3S.ClH/c1-18(34-23-8-4-7-21(28)15-23)30-14-12-20(25(17-30)27(31)32)6-3-5-19-11-13-29-26-10-9-22(33-2)16-24(19)26;/h4,7-11,13,15-16,18,20,25H,3,5-6,12,14,17H2,1-2H3,(H,31,32);1H/t18?,20-,25+;/m1./s1. The Morgan fingerprint density at radius 1 is 1.29 bits per heavy atom. The van der Waals surface area contributed by atoms with Crippen LogP contribution in [0.3, 0.4) is 0 Å². The molecule has 188 valence electrons. The number of ether oxygens (including phenoxy) is 1. The molecule has 1 aromatic heterocycles. The number of aryl methyl sites for hydroxylation is 1. The van der Waals surface area contributed by atoms with Gasteiger partial charge in [-0.05, 0) is 93.1 Å². The molecular weight excluding hydrogens is 487 g/mol. The first kappa shape index (κ1) is 27.2. The number of piperidine rings is 1. The summed E-state index contributed by atoms with van der Waals surface area (Å²) in [4.78, 5) is 19.6. The van der Waals surface area contributed by atoms with Crippen molar-refractivity contribution in [3.05, 3.63) is 66.1 Å². The van der Waals surface area contributed by atoms with Crippen molar-refractivity contribution in [1.29, 1.82) is 0 Å². The molecule has 4 rings (SSSR count). The van der Waals surface area contributed by atoms with Crippen LogP contribution in [-0.2, 0) is 11.2 Å². The van der Waals surface area contributed by atoms with Gasteiger partial charge >= 0.3 is 5.97 Å². The summed E-state index contributed by atoms with van der Waals surface area (Å²) in [6.07, 6.45) is 5.38. The Balaban J connectivity index is 0.00000342. The van der Waals surface area contributed by atoms with Gasteiger partial charge < -0.3 is 9.84 Å². The van der Waals surface area contributed by atoms with Gasteiger partial charge in [-0.1, -0.05) is 6.07 Å². The Bertz CT molecular complexity index is 1150. The summed E-state index contributed by atoms with van der Waals surface area (Å²) in [5.41, 5.74) is 2.16. The summed E-state index contributed by atoms with van der Waals surface area (Å²) in [6.45, 7) is 3.45. The molecule has 3 atom stereocenters. The zero-order chi connectivity index (χ0) is 24.1. The molecule has 0 bridgehead atoms. The normalized spacial score (nSPS) is 19.2. The number of benzene rings is 2. The van der Waals surface area contributed by atoms with E-state index in [1.807, 2.05) is 36.5 Å². The third-order valence-corrected chi connectivity index (χ3v) is 7.95. The second kappa shape index (κ2) is 12.6. The number of fused-ring (bicyclic) bond motifs is 1. The molecule has 1 aliphatic heterocycles. The highest BCUT2D eigenvalue weighted by molar-refractivity contribution is 7.99. The summed E-state index contributed by atoms with van der Waals surface area (Å²) in [6, 6.07) is 14.5. The number of likely N-dealkylation sites (tertiary alicyclic amines) is 1. The lowest BCUT2D eigenvalue weighted by Crippen LogP contribution is -2.46. The molecule has 2 aromatic carbocycles. The van der Waals surface area contributed by atoms with Crippen LogP contribution in [0.5, 0.6) is 5.75 Å². The van der Waals surface area contributed by atoms with Gasteiger partial charge in [0.1, 0.15) is 11.6 Å². The number of pyridine rings is 1. The summed E-state index contributed by atoms with van der Waals surface area (Å²) in [5.74, 6) is -0.400. The zero-order valence-corrected chi connectivity index (χ0v) is 21.7. The average Bonchev–Trinajstić information content (AvgIpc) is 2.84. The van der Waals surface area contributed by atoms with Gasteiger partial charge in [0, 0.05) is 23.0 Å². The van der Waals surface area contributed by atoms with Crippen LogP contribution in [0.15, 0.2) is 59.6 Å². The Morgan fingerprint density at radius 2 is 2.11 bits per heavy atom. The zero-order valence-electron chi connectivity index (χ0n) is 20.0. The highest BCUT2D eigenvalue weighted by Crippen LogP contribution is 2.34. The SMILES string of the molecule is COc1ccc2nccc(CCC[C@@H]3CCN(C(C)Sc4cccc(F)c4)C[C@@H]3C(=O)O)c2c1.Cl. The van der Waals surface area contributed by atoms with Crippen LogP contribution < -0.4 is 4.74 Å². The van der Waals surface area contributed by atoms with Crippen molar-refractivity contribution < 1.29 is 19.0 Å². The monoisotopic (exact) mass is 518 g/mol. The van der Waals surface area contributed by atoms with Crippen molar-refractivity contribution in [2.24, 2.45) is 11.8 Å². The van der Waals surface area contributed by atoms with E-state index in [4.69, 9.17) is 4.74 Å². The Kier molecular flexibility index (Phi) is 9.78. The molecule has 1 saturated heterocycles. The number of aromatic nitrogens is 1. The molecule has 1 N–H and O–H groups in total. The molecule has 5 nitrogen and oxygen atoms in total. The number of carboxylic acids is 1. The number of methoxy groups -OCH3 is 1. The second-order valence-corrected chi connectivity index (χ2v) is 10.3. The molecule has 0 amide bonds. The molecule has 0 spiro atoms. The first-order chi connectivity index (χ1) is 16.4. The van der Waals surface area contributed by atoms with E-state index >= 15 is 0 Å². The van der Waals surface area contributed by atoms with Crippen LogP contribution in [0.25, 0.3) is 10.9 Å². The lowest BCUT2D eigenvalue weighted by atomic mass is 9.81. The quantitative estimate of drug-likeness (QED) is 0.336. The van der Waals surface area contributed by atoms with Crippen LogP contribution in [-0.4, -0.2) is 46.5 Å². The lowest BCUT2D eigenvalue weighted by Gasteiger charge is -2.39. The van der Waals surface area contributed by atoms with Gasteiger partial charge in [-0.3, -0.25) is 14.7 Å². The molecular formula is C27H32ClFN2O3S. The number of thioether (sulfide) groups is 1. The van der Waals surface area contributed by atoms with Crippen LogP contribution in [0.2, 0.25) is 0 Å². The van der Waals surface area contributed by atoms with Gasteiger partial charge in [0.2, 0.25) is 0 Å². The maximum absolute atomic E-state index is 13.5. The van der Waals surface area contributed by atoms with Crippen LogP contribution >= 0.6 is 24.2 Å². The largest absolute Gasteiger partial charge is 0.497 e. The molecule has 2 heterocycles. The van der Waals surface area contributed by atoms with Crippen molar-refractivity contribution >= 4 is 41.0 Å². The van der Waals surface area contributed by atoms with Crippen molar-refractivity contribution in [3.63, 3.8) is 0 Å². The van der Waals surface area contributed by atoms with Gasteiger partial charge in [0.25, 0.3) is 0 Å². The third-order valence-electron chi connectivity index (χ3n) is 6.78. The predicted molar refractivity (Wildman–Crippen MR) is 141 cm³/mol. The van der Waals surface area contributed by atoms with Crippen molar-refractivity contribution in [2.45, 2.75) is 42.9 Å². The van der Waals surface area contributed by atoms with Crippen LogP contribution in [0.4, 0.5) is 4.39 Å². The fourth-order valence-corrected chi connectivity index (χ4v) is 5.95. The number of nitrogens with zero attached hydrogens (tertiary/aromatic N) is 2. The Hall–Kier alpha value is -2.35. The van der Waals surface area contributed by atoms with Crippen molar-refractivity contribution in [3.8, 4) is 5.75 Å². The second-order valence-electron chi connectivity index (χ2n) is 8.91. The molecule has 3 aromatic rings. The number of hydrogen-bond acceptors (Lipinski definition) is 5. The van der Waals surface area contributed by atoms with Gasteiger partial charge in [0.15, 0.2) is 0 Å². The topological polar surface area (TPSA) is 62.7 Å². The number of hydrogen-bond donors (Lipinski definition) is 1. The van der Waals surface area contributed by atoms with Gasteiger partial charge in [-0.15, -0.1) is 24.2 Å². The number of rotatable bonds is 9. The van der Waals surface area contributed by atoms with E-state index in [0.29, 0.717) is 6.54 Å². The average molecular weight is 519 g/mol. The van der Waals surface area contributed by atoms with Crippen LogP contribution in [0.1, 0.15) is 31.7 Å². The van der Waals surface area contributed by atoms with Crippen molar-refractivity contribution in [2.75, 3.05) is 20.2 Å². The van der Waals surface area contributed by atoms with E-state index in [9.17, 15) is 14.3 Å². The Morgan fingerprint density at radius 3 is 2.86 bits per heavy atom. The van der Waals surface area contributed by atoms with Gasteiger partial charge in [-0.25, -0.2) is 4.39 Å². The first-order valence-electron chi connectivity index (χ1n) is 11.8. The van der Waals surface area contributed by atoms with E-state index in [1.165, 1.54) is 17.7 Å². The van der Waals surface area contributed by atoms with E-state index in [-0.39, 0.29) is 29.5 Å². The number of aliphatic carboxylic acids is 1. The maximum Gasteiger partial charge on any atom is 0.308 e. The number of halogens is 2. The smallest absolute Gasteiger partial charge is 0.308 e. The predicted octanol–water partition coefficient (Wildman–Crippen LogP) is 6.29. The summed E-state index contributed by atoms with van der Waals surface area (Å²) in [5, 5.41) is 11.1. The summed E-state index contributed by atoms with van der Waals surface area (Å²) < 4.78 is 18.9. The molecule has 0 aliphatic carbocycles. The summed E-state index contributed by atoms with van der Waals surface area (Å²) >= 11 is 1.58. The Labute approximate surface area is 216 Å². The highest BCUT2D eigenvalue weighted by atomic mass is 35.5. The fraction of sp³-hybridized carbons (Fsp3) is 0.407. The van der Waals surface area contributed by atoms with E-state index in [1.54, 1.807) is 24.9 Å². The van der Waals surface area contributed by atoms with E-state index in [0.717, 1.165) is 53.8 Å². The minimum Gasteiger partial charge on any atom is -0.497 e. The lowest BCUT2D eigenvalue weighted by molar-refractivity contribution is -0.146. The molecule has 1 aliphatic rings. The summed E-state index contributed by atoms with van der Waals surface area (Å²) in [7, 11) is 1.66. The third kappa shape index (κ3) is 6.87. The van der Waals surface area contributed by atoms with Gasteiger partial charge in [0.05, 0.1) is 23.9 Å². The molecule has 35 heavy (non-hydrogen) atoms. The number of carbonyl (C=O) groups is 1. The first-order valence-corrected chi connectivity index (χ1v) is 12.6. The molecule has 0 radical (unpaired) electrons. The molecule has 1 unspecified atom stereocenters. The highest BCUT2D eigenvalue weighted by Gasteiger charge is 2.35. The van der Waals surface area contributed by atoms with Crippen LogP contribution in [0, 0.1) is 17.7 Å². The van der Waals surface area contributed by atoms with Crippen molar-refractivity contribution in [1.82, 2.24) is 9.88 Å².